The summed E-state index contributed by atoms with van der Waals surface area (Å²) in [7, 11) is 1.88. The molecule has 0 radical (unpaired) electrons. The van der Waals surface area contributed by atoms with Gasteiger partial charge >= 0.3 is 0 Å². The smallest absolute Gasteiger partial charge is 0.151 e. The lowest BCUT2D eigenvalue weighted by molar-refractivity contribution is 0.658. The van der Waals surface area contributed by atoms with Crippen LogP contribution in [-0.2, 0) is 19.9 Å². The summed E-state index contributed by atoms with van der Waals surface area (Å²) < 4.78 is 1.73. The molecular formula is C12H17N5. The van der Waals surface area contributed by atoms with Gasteiger partial charge < -0.3 is 5.32 Å². The first-order valence-electron chi connectivity index (χ1n) is 5.79. The average Bonchev–Trinajstić information content (AvgIpc) is 2.76. The summed E-state index contributed by atoms with van der Waals surface area (Å²) in [5.74, 6) is 0.893. The fraction of sp³-hybridized carbons (Fsp3) is 0.417. The zero-order valence-corrected chi connectivity index (χ0v) is 10.0. The first-order valence-corrected chi connectivity index (χ1v) is 5.79. The minimum absolute atomic E-state index is 0.872. The molecule has 0 aliphatic rings. The maximum atomic E-state index is 4.22. The van der Waals surface area contributed by atoms with Crippen molar-refractivity contribution >= 4 is 0 Å². The zero-order chi connectivity index (χ0) is 11.9. The Labute approximate surface area is 101 Å². The predicted molar refractivity (Wildman–Crippen MR) is 65.5 cm³/mol. The predicted octanol–water partition coefficient (Wildman–Crippen LogP) is 0.585. The molecule has 0 aliphatic heterocycles. The van der Waals surface area contributed by atoms with Gasteiger partial charge in [-0.25, -0.2) is 4.98 Å². The number of nitrogens with one attached hydrogen (secondary N) is 1. The van der Waals surface area contributed by atoms with E-state index in [-0.39, 0.29) is 0 Å². The van der Waals surface area contributed by atoms with Crippen LogP contribution in [0, 0.1) is 0 Å². The second-order valence-corrected chi connectivity index (χ2v) is 3.94. The molecule has 0 unspecified atom stereocenters. The normalized spacial score (nSPS) is 10.6. The van der Waals surface area contributed by atoms with Crippen LogP contribution in [0.3, 0.4) is 0 Å². The Morgan fingerprint density at radius 1 is 1.18 bits per heavy atom. The maximum absolute atomic E-state index is 4.22. The van der Waals surface area contributed by atoms with Crippen LogP contribution in [0.15, 0.2) is 30.9 Å². The molecule has 5 nitrogen and oxygen atoms in total. The van der Waals surface area contributed by atoms with Gasteiger partial charge in [0.1, 0.15) is 6.33 Å². The van der Waals surface area contributed by atoms with Crippen LogP contribution in [0.2, 0.25) is 0 Å². The van der Waals surface area contributed by atoms with E-state index in [1.165, 1.54) is 5.56 Å². The summed E-state index contributed by atoms with van der Waals surface area (Å²) in [6, 6.07) is 4.09. The van der Waals surface area contributed by atoms with Crippen LogP contribution in [0.5, 0.6) is 0 Å². The second kappa shape index (κ2) is 6.10. The van der Waals surface area contributed by atoms with Crippen molar-refractivity contribution in [3.8, 4) is 0 Å². The molecule has 0 saturated carbocycles. The Kier molecular flexibility index (Phi) is 4.21. The molecule has 0 fully saturated rings. The van der Waals surface area contributed by atoms with E-state index >= 15 is 0 Å². The van der Waals surface area contributed by atoms with Crippen molar-refractivity contribution in [2.75, 3.05) is 13.1 Å². The van der Waals surface area contributed by atoms with Gasteiger partial charge in [0.05, 0.1) is 0 Å². The van der Waals surface area contributed by atoms with E-state index in [4.69, 9.17) is 0 Å². The van der Waals surface area contributed by atoms with Crippen LogP contribution in [-0.4, -0.2) is 32.8 Å². The molecule has 90 valence electrons. The lowest BCUT2D eigenvalue weighted by Crippen LogP contribution is -2.20. The summed E-state index contributed by atoms with van der Waals surface area (Å²) in [6.07, 6.45) is 7.28. The van der Waals surface area contributed by atoms with Crippen LogP contribution >= 0.6 is 0 Å². The quantitative estimate of drug-likeness (QED) is 0.739. The Balaban J connectivity index is 1.61. The first kappa shape index (κ1) is 11.7. The van der Waals surface area contributed by atoms with Crippen molar-refractivity contribution in [1.29, 1.82) is 0 Å². The van der Waals surface area contributed by atoms with Crippen molar-refractivity contribution in [3.05, 3.63) is 42.2 Å². The number of aromatic nitrogens is 4. The molecule has 0 bridgehead atoms. The zero-order valence-electron chi connectivity index (χ0n) is 10.0. The number of nitrogens with zero attached hydrogens (tertiary/aromatic N) is 4. The van der Waals surface area contributed by atoms with E-state index in [0.29, 0.717) is 0 Å². The third-order valence-corrected chi connectivity index (χ3v) is 2.51. The van der Waals surface area contributed by atoms with Gasteiger partial charge in [0.2, 0.25) is 0 Å². The second-order valence-electron chi connectivity index (χ2n) is 3.94. The number of hydrogen-bond donors (Lipinski definition) is 1. The van der Waals surface area contributed by atoms with E-state index < -0.39 is 0 Å². The van der Waals surface area contributed by atoms with Crippen molar-refractivity contribution in [1.82, 2.24) is 25.1 Å². The number of aryl methyl sites for hydroxylation is 1. The summed E-state index contributed by atoms with van der Waals surface area (Å²) in [4.78, 5) is 8.17. The van der Waals surface area contributed by atoms with Gasteiger partial charge in [-0.1, -0.05) is 0 Å². The van der Waals surface area contributed by atoms with Crippen LogP contribution in [0.4, 0.5) is 0 Å². The maximum Gasteiger partial charge on any atom is 0.151 e. The Morgan fingerprint density at radius 2 is 1.94 bits per heavy atom. The van der Waals surface area contributed by atoms with Gasteiger partial charge in [-0.3, -0.25) is 9.67 Å². The molecule has 2 aromatic heterocycles. The molecule has 0 saturated heterocycles. The minimum atomic E-state index is 0.872. The number of pyridine rings is 1. The molecule has 0 aliphatic carbocycles. The molecule has 2 heterocycles. The largest absolute Gasteiger partial charge is 0.316 e. The molecule has 1 N–H and O–H groups in total. The molecule has 5 heteroatoms. The third-order valence-electron chi connectivity index (χ3n) is 2.51. The Hall–Kier alpha value is -1.75. The average molecular weight is 231 g/mol. The third kappa shape index (κ3) is 3.96. The minimum Gasteiger partial charge on any atom is -0.316 e. The van der Waals surface area contributed by atoms with E-state index in [0.717, 1.165) is 31.8 Å². The van der Waals surface area contributed by atoms with E-state index in [2.05, 4.69) is 20.4 Å². The summed E-state index contributed by atoms with van der Waals surface area (Å²) in [6.45, 7) is 1.88. The molecule has 0 aromatic carbocycles. The lowest BCUT2D eigenvalue weighted by Gasteiger charge is -2.02. The molecular weight excluding hydrogens is 214 g/mol. The number of hydrogen-bond acceptors (Lipinski definition) is 4. The van der Waals surface area contributed by atoms with Gasteiger partial charge in [0.15, 0.2) is 5.82 Å². The molecule has 0 spiro atoms. The van der Waals surface area contributed by atoms with Crippen LogP contribution in [0.1, 0.15) is 11.4 Å². The van der Waals surface area contributed by atoms with Gasteiger partial charge in [-0.15, -0.1) is 0 Å². The van der Waals surface area contributed by atoms with Crippen LogP contribution in [0.25, 0.3) is 0 Å². The standard InChI is InChI=1S/C12H17N5/c1-17-10-15-12(16-17)5-9-14-8-4-11-2-6-13-7-3-11/h2-3,6-7,10,14H,4-5,8-9H2,1H3. The summed E-state index contributed by atoms with van der Waals surface area (Å²) in [5.41, 5.74) is 1.31. The molecule has 2 aromatic rings. The highest BCUT2D eigenvalue weighted by atomic mass is 15.3. The van der Waals surface area contributed by atoms with Gasteiger partial charge in [-0.05, 0) is 30.7 Å². The van der Waals surface area contributed by atoms with Crippen LogP contribution < -0.4 is 5.32 Å². The fourth-order valence-corrected chi connectivity index (χ4v) is 1.61. The molecule has 0 atom stereocenters. The van der Waals surface area contributed by atoms with E-state index in [1.54, 1.807) is 11.0 Å². The lowest BCUT2D eigenvalue weighted by atomic mass is 10.2. The molecule has 0 amide bonds. The first-order chi connectivity index (χ1) is 8.34. The van der Waals surface area contributed by atoms with E-state index in [9.17, 15) is 0 Å². The highest BCUT2D eigenvalue weighted by Crippen LogP contribution is 1.96. The van der Waals surface area contributed by atoms with Gasteiger partial charge in [0, 0.05) is 32.4 Å². The molecule has 2 rings (SSSR count). The fourth-order valence-electron chi connectivity index (χ4n) is 1.61. The highest BCUT2D eigenvalue weighted by Gasteiger charge is 1.97. The Bertz CT molecular complexity index is 437. The van der Waals surface area contributed by atoms with E-state index in [1.807, 2.05) is 31.6 Å². The monoisotopic (exact) mass is 231 g/mol. The van der Waals surface area contributed by atoms with Crippen molar-refractivity contribution < 1.29 is 0 Å². The van der Waals surface area contributed by atoms with Crippen molar-refractivity contribution in [3.63, 3.8) is 0 Å². The topological polar surface area (TPSA) is 55.6 Å². The van der Waals surface area contributed by atoms with Crippen molar-refractivity contribution in [2.24, 2.45) is 7.05 Å². The van der Waals surface area contributed by atoms with Gasteiger partial charge in [0.25, 0.3) is 0 Å². The Morgan fingerprint density at radius 3 is 2.65 bits per heavy atom. The van der Waals surface area contributed by atoms with Crippen molar-refractivity contribution in [2.45, 2.75) is 12.8 Å². The highest BCUT2D eigenvalue weighted by molar-refractivity contribution is 5.09. The molecule has 17 heavy (non-hydrogen) atoms. The SMILES string of the molecule is Cn1cnc(CCNCCc2ccncc2)n1. The van der Waals surface area contributed by atoms with Gasteiger partial charge in [-0.2, -0.15) is 5.10 Å². The number of rotatable bonds is 6. The summed E-state index contributed by atoms with van der Waals surface area (Å²) >= 11 is 0. The summed E-state index contributed by atoms with van der Waals surface area (Å²) in [5, 5.41) is 7.61.